The first-order chi connectivity index (χ1) is 14.7. The number of nitrogens with zero attached hydrogens (tertiary/aromatic N) is 2. The van der Waals surface area contributed by atoms with Crippen LogP contribution in [0.3, 0.4) is 0 Å². The zero-order valence-electron chi connectivity index (χ0n) is 18.9. The first-order valence-electron chi connectivity index (χ1n) is 11.4. The summed E-state index contributed by atoms with van der Waals surface area (Å²) in [5, 5.41) is 3.63. The van der Waals surface area contributed by atoms with Crippen LogP contribution in [0, 0.1) is 12.7 Å². The van der Waals surface area contributed by atoms with Crippen molar-refractivity contribution < 1.29 is 14.0 Å². The number of amides is 2. The summed E-state index contributed by atoms with van der Waals surface area (Å²) in [6.07, 6.45) is 4.03. The standard InChI is InChI=1S/C24H33FN4O2/c1-14-8-9-21(25)20-11-22(27-23(14)20)24(31)26-18-6-5-7-19(10-18)28-12-15(2)29(17(4)30)16(3)13-28/h8-9,11,15-16,18-19,27H,5-7,10,12-13H2,1-4H3,(H,26,31)/t15-,16-,18+,19-/m0/s1. The minimum atomic E-state index is -0.318. The lowest BCUT2D eigenvalue weighted by molar-refractivity contribution is -0.137. The van der Waals surface area contributed by atoms with Crippen LogP contribution < -0.4 is 5.32 Å². The van der Waals surface area contributed by atoms with Crippen LogP contribution in [0.15, 0.2) is 18.2 Å². The Bertz CT molecular complexity index is 936. The van der Waals surface area contributed by atoms with E-state index in [1.54, 1.807) is 19.1 Å². The number of aromatic amines is 1. The van der Waals surface area contributed by atoms with Gasteiger partial charge in [-0.1, -0.05) is 6.07 Å². The van der Waals surface area contributed by atoms with Crippen LogP contribution in [0.5, 0.6) is 0 Å². The van der Waals surface area contributed by atoms with Gasteiger partial charge in [0.2, 0.25) is 5.91 Å². The van der Waals surface area contributed by atoms with E-state index in [9.17, 15) is 14.0 Å². The maximum Gasteiger partial charge on any atom is 0.267 e. The van der Waals surface area contributed by atoms with Gasteiger partial charge in [-0.25, -0.2) is 4.39 Å². The Morgan fingerprint density at radius 2 is 1.87 bits per heavy atom. The Kier molecular flexibility index (Phi) is 6.06. The number of piperazine rings is 1. The van der Waals surface area contributed by atoms with Gasteiger partial charge in [0.1, 0.15) is 11.5 Å². The SMILES string of the molecule is CC(=O)N1[C@@H](C)CN([C@H]2CCC[C@@H](NC(=O)c3cc4c(F)ccc(C)c4[nH]3)C2)C[C@@H]1C. The molecule has 1 aromatic heterocycles. The summed E-state index contributed by atoms with van der Waals surface area (Å²) in [6.45, 7) is 9.52. The molecule has 2 amide bonds. The van der Waals surface area contributed by atoms with Crippen molar-refractivity contribution in [2.24, 2.45) is 0 Å². The number of rotatable bonds is 3. The smallest absolute Gasteiger partial charge is 0.267 e. The van der Waals surface area contributed by atoms with Crippen LogP contribution in [0.25, 0.3) is 10.9 Å². The Balaban J connectivity index is 1.41. The van der Waals surface area contributed by atoms with E-state index in [0.29, 0.717) is 22.6 Å². The molecule has 2 aromatic rings. The first-order valence-corrected chi connectivity index (χ1v) is 11.4. The molecule has 1 aromatic carbocycles. The average Bonchev–Trinajstić information content (AvgIpc) is 3.17. The average molecular weight is 429 g/mol. The number of halogens is 1. The maximum atomic E-state index is 14.1. The highest BCUT2D eigenvalue weighted by atomic mass is 19.1. The first kappa shape index (κ1) is 21.8. The van der Waals surface area contributed by atoms with Gasteiger partial charge in [0.05, 0.1) is 5.52 Å². The summed E-state index contributed by atoms with van der Waals surface area (Å²) < 4.78 is 14.1. The van der Waals surface area contributed by atoms with Crippen LogP contribution in [0.1, 0.15) is 62.5 Å². The molecule has 1 aliphatic heterocycles. The third-order valence-electron chi connectivity index (χ3n) is 7.00. The molecule has 0 spiro atoms. The molecule has 4 atom stereocenters. The van der Waals surface area contributed by atoms with E-state index < -0.39 is 0 Å². The van der Waals surface area contributed by atoms with Crippen LogP contribution in [-0.2, 0) is 4.79 Å². The molecule has 2 fully saturated rings. The second-order valence-corrected chi connectivity index (χ2v) is 9.41. The lowest BCUT2D eigenvalue weighted by Crippen LogP contribution is -2.61. The zero-order chi connectivity index (χ0) is 22.3. The minimum absolute atomic E-state index is 0.0973. The van der Waals surface area contributed by atoms with Crippen molar-refractivity contribution in [3.8, 4) is 0 Å². The van der Waals surface area contributed by atoms with E-state index >= 15 is 0 Å². The lowest BCUT2D eigenvalue weighted by atomic mass is 9.88. The summed E-state index contributed by atoms with van der Waals surface area (Å²) in [6, 6.07) is 5.65. The van der Waals surface area contributed by atoms with E-state index in [1.807, 2.05) is 11.8 Å². The number of nitrogens with one attached hydrogen (secondary N) is 2. The number of hydrogen-bond donors (Lipinski definition) is 2. The summed E-state index contributed by atoms with van der Waals surface area (Å²) in [5.41, 5.74) is 2.00. The number of carbonyl (C=O) groups is 2. The third-order valence-corrected chi connectivity index (χ3v) is 7.00. The number of aromatic nitrogens is 1. The molecule has 1 saturated heterocycles. The second-order valence-electron chi connectivity index (χ2n) is 9.41. The molecule has 1 saturated carbocycles. The van der Waals surface area contributed by atoms with Gasteiger partial charge in [0.25, 0.3) is 5.91 Å². The predicted molar refractivity (Wildman–Crippen MR) is 120 cm³/mol. The van der Waals surface area contributed by atoms with Crippen molar-refractivity contribution in [2.75, 3.05) is 13.1 Å². The van der Waals surface area contributed by atoms with Crippen LogP contribution >= 0.6 is 0 Å². The van der Waals surface area contributed by atoms with E-state index in [1.165, 1.54) is 6.07 Å². The summed E-state index contributed by atoms with van der Waals surface area (Å²) in [4.78, 5) is 32.4. The number of carbonyl (C=O) groups excluding carboxylic acids is 2. The normalized spacial score (nSPS) is 27.5. The van der Waals surface area contributed by atoms with Crippen molar-refractivity contribution in [1.82, 2.24) is 20.1 Å². The summed E-state index contributed by atoms with van der Waals surface area (Å²) in [5.74, 6) is -0.358. The maximum absolute atomic E-state index is 14.1. The summed E-state index contributed by atoms with van der Waals surface area (Å²) in [7, 11) is 0. The molecule has 2 aliphatic rings. The molecular formula is C24H33FN4O2. The van der Waals surface area contributed by atoms with Gasteiger partial charge in [0, 0.05) is 49.6 Å². The zero-order valence-corrected chi connectivity index (χ0v) is 18.9. The molecule has 168 valence electrons. The predicted octanol–water partition coefficient (Wildman–Crippen LogP) is 3.60. The molecular weight excluding hydrogens is 395 g/mol. The number of aryl methyl sites for hydroxylation is 1. The Morgan fingerprint density at radius 1 is 1.16 bits per heavy atom. The second kappa shape index (κ2) is 8.61. The van der Waals surface area contributed by atoms with Gasteiger partial charge in [-0.3, -0.25) is 14.5 Å². The number of benzene rings is 1. The topological polar surface area (TPSA) is 68.4 Å². The molecule has 6 nitrogen and oxygen atoms in total. The van der Waals surface area contributed by atoms with Crippen molar-refractivity contribution in [3.05, 3.63) is 35.3 Å². The van der Waals surface area contributed by atoms with Crippen molar-refractivity contribution in [1.29, 1.82) is 0 Å². The lowest BCUT2D eigenvalue weighted by Gasteiger charge is -2.48. The molecule has 4 rings (SSSR count). The highest BCUT2D eigenvalue weighted by Gasteiger charge is 2.36. The molecule has 0 unspecified atom stereocenters. The van der Waals surface area contributed by atoms with Crippen LogP contribution in [0.4, 0.5) is 4.39 Å². The van der Waals surface area contributed by atoms with E-state index in [0.717, 1.165) is 44.3 Å². The molecule has 2 N–H and O–H groups in total. The molecule has 31 heavy (non-hydrogen) atoms. The fraction of sp³-hybridized carbons (Fsp3) is 0.583. The molecule has 0 radical (unpaired) electrons. The fourth-order valence-corrected chi connectivity index (χ4v) is 5.62. The van der Waals surface area contributed by atoms with Gasteiger partial charge < -0.3 is 15.2 Å². The molecule has 1 aliphatic carbocycles. The number of hydrogen-bond acceptors (Lipinski definition) is 3. The van der Waals surface area contributed by atoms with E-state index in [4.69, 9.17) is 0 Å². The van der Waals surface area contributed by atoms with Gasteiger partial charge in [-0.15, -0.1) is 0 Å². The Morgan fingerprint density at radius 3 is 2.52 bits per heavy atom. The monoisotopic (exact) mass is 428 g/mol. The van der Waals surface area contributed by atoms with Crippen LogP contribution in [0.2, 0.25) is 0 Å². The van der Waals surface area contributed by atoms with Gasteiger partial charge in [0.15, 0.2) is 0 Å². The van der Waals surface area contributed by atoms with Crippen molar-refractivity contribution in [3.63, 3.8) is 0 Å². The van der Waals surface area contributed by atoms with E-state index in [2.05, 4.69) is 29.0 Å². The van der Waals surface area contributed by atoms with Gasteiger partial charge in [-0.05, 0) is 64.2 Å². The highest BCUT2D eigenvalue weighted by molar-refractivity contribution is 5.99. The fourth-order valence-electron chi connectivity index (χ4n) is 5.62. The summed E-state index contributed by atoms with van der Waals surface area (Å²) >= 11 is 0. The Labute approximate surface area is 183 Å². The third kappa shape index (κ3) is 4.33. The number of fused-ring (bicyclic) bond motifs is 1. The highest BCUT2D eigenvalue weighted by Crippen LogP contribution is 2.28. The molecule has 7 heteroatoms. The molecule has 2 heterocycles. The van der Waals surface area contributed by atoms with Crippen molar-refractivity contribution >= 4 is 22.7 Å². The molecule has 0 bridgehead atoms. The minimum Gasteiger partial charge on any atom is -0.350 e. The van der Waals surface area contributed by atoms with Gasteiger partial charge >= 0.3 is 0 Å². The van der Waals surface area contributed by atoms with Crippen molar-refractivity contribution in [2.45, 2.75) is 77.5 Å². The van der Waals surface area contributed by atoms with E-state index in [-0.39, 0.29) is 35.8 Å². The quantitative estimate of drug-likeness (QED) is 0.785. The van der Waals surface area contributed by atoms with Crippen LogP contribution in [-0.4, -0.2) is 63.9 Å². The number of H-pyrrole nitrogens is 1. The largest absolute Gasteiger partial charge is 0.350 e. The van der Waals surface area contributed by atoms with Gasteiger partial charge in [-0.2, -0.15) is 0 Å². The Hall–Kier alpha value is -2.41.